The maximum atomic E-state index is 13.9. The van der Waals surface area contributed by atoms with Gasteiger partial charge in [-0.3, -0.25) is 0 Å². The van der Waals surface area contributed by atoms with Crippen LogP contribution in [0, 0.1) is 5.82 Å². The summed E-state index contributed by atoms with van der Waals surface area (Å²) in [6, 6.07) is 15.0. The number of urea groups is 1. The van der Waals surface area contributed by atoms with Crippen LogP contribution in [0.15, 0.2) is 73.2 Å². The number of aromatic amines is 1. The average molecular weight is 470 g/mol. The van der Waals surface area contributed by atoms with Gasteiger partial charge in [-0.2, -0.15) is 0 Å². The van der Waals surface area contributed by atoms with Gasteiger partial charge < -0.3 is 20.2 Å². The number of anilines is 2. The normalized spacial score (nSPS) is 10.8. The van der Waals surface area contributed by atoms with Gasteiger partial charge in [-0.15, -0.1) is 12.4 Å². The summed E-state index contributed by atoms with van der Waals surface area (Å²) in [6.45, 7) is 0.651. The quantitative estimate of drug-likeness (QED) is 0.283. The van der Waals surface area contributed by atoms with Crippen LogP contribution in [0.25, 0.3) is 21.9 Å². The minimum absolute atomic E-state index is 0. The van der Waals surface area contributed by atoms with Crippen molar-refractivity contribution in [3.63, 3.8) is 0 Å². The van der Waals surface area contributed by atoms with Crippen molar-refractivity contribution in [1.82, 2.24) is 14.5 Å². The van der Waals surface area contributed by atoms with Gasteiger partial charge in [-0.1, -0.05) is 17.7 Å². The number of pyridine rings is 1. The number of fused-ring (bicyclic) bond motifs is 2. The zero-order valence-corrected chi connectivity index (χ0v) is 18.2. The standard InChI is InChI=1S/C23H17ClFN5O.ClH/c24-15-6-7-18(25)20(11-15)29-23(31)28-19-4-1-5-21-17(19)8-10-30(21)13-14-12-27-22-16(14)3-2-9-26-22;/h1-12H,13H2,(H,26,27)(H2,28,29,31);1H. The predicted octanol–water partition coefficient (Wildman–Crippen LogP) is 6.42. The number of amides is 2. The SMILES string of the molecule is Cl.O=C(Nc1cc(Cl)ccc1F)Nc1cccc2c1ccn2Cc1c[nH]c2ncccc12. The largest absolute Gasteiger partial charge is 0.346 e. The molecular formula is C23H18Cl2FN5O. The molecule has 0 aliphatic heterocycles. The second kappa shape index (κ2) is 8.90. The van der Waals surface area contributed by atoms with E-state index in [0.717, 1.165) is 27.5 Å². The minimum Gasteiger partial charge on any atom is -0.346 e. The number of benzene rings is 2. The summed E-state index contributed by atoms with van der Waals surface area (Å²) < 4.78 is 16.0. The van der Waals surface area contributed by atoms with Crippen LogP contribution in [0.2, 0.25) is 5.02 Å². The molecule has 0 spiro atoms. The highest BCUT2D eigenvalue weighted by atomic mass is 35.5. The summed E-state index contributed by atoms with van der Waals surface area (Å²) >= 11 is 5.89. The van der Waals surface area contributed by atoms with Crippen molar-refractivity contribution in [3.05, 3.63) is 89.6 Å². The highest BCUT2D eigenvalue weighted by Crippen LogP contribution is 2.27. The fourth-order valence-corrected chi connectivity index (χ4v) is 3.84. The van der Waals surface area contributed by atoms with Crippen molar-refractivity contribution in [1.29, 1.82) is 0 Å². The molecule has 0 saturated heterocycles. The molecular weight excluding hydrogens is 452 g/mol. The molecule has 32 heavy (non-hydrogen) atoms. The van der Waals surface area contributed by atoms with Gasteiger partial charge in [0.05, 0.1) is 16.9 Å². The lowest BCUT2D eigenvalue weighted by Crippen LogP contribution is -2.20. The van der Waals surface area contributed by atoms with Crippen LogP contribution in [-0.4, -0.2) is 20.6 Å². The van der Waals surface area contributed by atoms with E-state index in [4.69, 9.17) is 11.6 Å². The third kappa shape index (κ3) is 4.12. The molecule has 3 heterocycles. The molecule has 0 aliphatic rings. The second-order valence-electron chi connectivity index (χ2n) is 7.10. The van der Waals surface area contributed by atoms with E-state index in [2.05, 4.69) is 25.2 Å². The number of hydrogen-bond donors (Lipinski definition) is 3. The molecule has 3 aromatic heterocycles. The smallest absolute Gasteiger partial charge is 0.323 e. The molecule has 2 amide bonds. The monoisotopic (exact) mass is 469 g/mol. The summed E-state index contributed by atoms with van der Waals surface area (Å²) in [5, 5.41) is 7.58. The summed E-state index contributed by atoms with van der Waals surface area (Å²) in [7, 11) is 0. The van der Waals surface area contributed by atoms with Gasteiger partial charge in [0.15, 0.2) is 0 Å². The van der Waals surface area contributed by atoms with Crippen LogP contribution in [0.5, 0.6) is 0 Å². The van der Waals surface area contributed by atoms with Crippen LogP contribution in [-0.2, 0) is 6.54 Å². The van der Waals surface area contributed by atoms with E-state index in [1.165, 1.54) is 18.2 Å². The molecule has 0 unspecified atom stereocenters. The van der Waals surface area contributed by atoms with Crippen LogP contribution in [0.3, 0.4) is 0 Å². The van der Waals surface area contributed by atoms with E-state index >= 15 is 0 Å². The lowest BCUT2D eigenvalue weighted by atomic mass is 10.2. The average Bonchev–Trinajstić information content (AvgIpc) is 3.36. The third-order valence-corrected chi connectivity index (χ3v) is 5.35. The van der Waals surface area contributed by atoms with Gasteiger partial charge in [0.2, 0.25) is 0 Å². The van der Waals surface area contributed by atoms with Gasteiger partial charge in [0.25, 0.3) is 0 Å². The minimum atomic E-state index is -0.558. The Morgan fingerprint density at radius 1 is 1.06 bits per heavy atom. The van der Waals surface area contributed by atoms with Crippen molar-refractivity contribution in [2.24, 2.45) is 0 Å². The van der Waals surface area contributed by atoms with Crippen molar-refractivity contribution in [2.75, 3.05) is 10.6 Å². The van der Waals surface area contributed by atoms with E-state index in [1.807, 2.05) is 42.7 Å². The third-order valence-electron chi connectivity index (χ3n) is 5.12. The Hall–Kier alpha value is -3.55. The lowest BCUT2D eigenvalue weighted by Gasteiger charge is -2.10. The van der Waals surface area contributed by atoms with Gasteiger partial charge in [0.1, 0.15) is 11.5 Å². The highest BCUT2D eigenvalue weighted by Gasteiger charge is 2.12. The Bertz CT molecular complexity index is 1430. The number of rotatable bonds is 4. The fraction of sp³-hybridized carbons (Fsp3) is 0.0435. The zero-order chi connectivity index (χ0) is 21.4. The summed E-state index contributed by atoms with van der Waals surface area (Å²) in [5.74, 6) is -0.558. The number of H-pyrrole nitrogens is 1. The molecule has 0 aliphatic carbocycles. The maximum Gasteiger partial charge on any atom is 0.323 e. The van der Waals surface area contributed by atoms with Crippen molar-refractivity contribution < 1.29 is 9.18 Å². The Morgan fingerprint density at radius 2 is 1.91 bits per heavy atom. The Kier molecular flexibility index (Phi) is 6.03. The Balaban J connectivity index is 0.00000245. The Labute approximate surface area is 193 Å². The predicted molar refractivity (Wildman–Crippen MR) is 128 cm³/mol. The molecule has 3 N–H and O–H groups in total. The van der Waals surface area contributed by atoms with Gasteiger partial charge in [-0.05, 0) is 54.1 Å². The van der Waals surface area contributed by atoms with E-state index in [-0.39, 0.29) is 18.1 Å². The molecule has 0 atom stereocenters. The number of aromatic nitrogens is 3. The van der Waals surface area contributed by atoms with Crippen molar-refractivity contribution >= 4 is 63.4 Å². The maximum absolute atomic E-state index is 13.9. The molecule has 0 fully saturated rings. The number of carbonyl (C=O) groups is 1. The van der Waals surface area contributed by atoms with E-state index < -0.39 is 11.8 Å². The van der Waals surface area contributed by atoms with Gasteiger partial charge in [0, 0.05) is 40.9 Å². The lowest BCUT2D eigenvalue weighted by molar-refractivity contribution is 0.262. The topological polar surface area (TPSA) is 74.7 Å². The molecule has 0 radical (unpaired) electrons. The van der Waals surface area contributed by atoms with Crippen LogP contribution < -0.4 is 10.6 Å². The molecule has 2 aromatic carbocycles. The Morgan fingerprint density at radius 3 is 2.78 bits per heavy atom. The first-order valence-electron chi connectivity index (χ1n) is 9.60. The zero-order valence-electron chi connectivity index (χ0n) is 16.6. The molecule has 5 rings (SSSR count). The van der Waals surface area contributed by atoms with Crippen molar-refractivity contribution in [2.45, 2.75) is 6.54 Å². The van der Waals surface area contributed by atoms with Crippen molar-refractivity contribution in [3.8, 4) is 0 Å². The van der Waals surface area contributed by atoms with E-state index in [0.29, 0.717) is 17.3 Å². The highest BCUT2D eigenvalue weighted by molar-refractivity contribution is 6.31. The molecule has 9 heteroatoms. The number of halogens is 3. The van der Waals surface area contributed by atoms with E-state index in [1.54, 1.807) is 12.3 Å². The summed E-state index contributed by atoms with van der Waals surface area (Å²) in [6.07, 6.45) is 5.68. The van der Waals surface area contributed by atoms with Crippen LogP contribution in [0.1, 0.15) is 5.56 Å². The first-order chi connectivity index (χ1) is 15.1. The molecule has 0 bridgehead atoms. The molecule has 0 saturated carbocycles. The summed E-state index contributed by atoms with van der Waals surface area (Å²) in [4.78, 5) is 20.0. The van der Waals surface area contributed by atoms with Crippen LogP contribution in [0.4, 0.5) is 20.6 Å². The summed E-state index contributed by atoms with van der Waals surface area (Å²) in [5.41, 5.74) is 3.57. The second-order valence-corrected chi connectivity index (χ2v) is 7.54. The molecule has 6 nitrogen and oxygen atoms in total. The number of carbonyl (C=O) groups excluding carboxylic acids is 1. The van der Waals surface area contributed by atoms with Gasteiger partial charge >= 0.3 is 6.03 Å². The first kappa shape index (κ1) is 21.7. The van der Waals surface area contributed by atoms with E-state index in [9.17, 15) is 9.18 Å². The van der Waals surface area contributed by atoms with Crippen LogP contribution >= 0.6 is 24.0 Å². The molecule has 162 valence electrons. The number of nitrogens with one attached hydrogen (secondary N) is 3. The number of nitrogens with zero attached hydrogens (tertiary/aromatic N) is 2. The van der Waals surface area contributed by atoms with Gasteiger partial charge in [-0.25, -0.2) is 14.2 Å². The number of hydrogen-bond acceptors (Lipinski definition) is 2. The first-order valence-corrected chi connectivity index (χ1v) is 9.98. The molecule has 5 aromatic rings. The fourth-order valence-electron chi connectivity index (χ4n) is 3.67.